The topological polar surface area (TPSA) is 49.5 Å². The van der Waals surface area contributed by atoms with Crippen molar-refractivity contribution in [2.45, 2.75) is 50.8 Å². The van der Waals surface area contributed by atoms with Crippen molar-refractivity contribution in [3.8, 4) is 0 Å². The van der Waals surface area contributed by atoms with Crippen LogP contribution < -0.4 is 0 Å². The number of furan rings is 1. The SMILES string of the molecule is O[C@@H](C[C@H]1CCCCCN1Cc1cccnc1)c1ccco1. The number of hydrogen-bond acceptors (Lipinski definition) is 4. The molecule has 0 radical (unpaired) electrons. The Bertz CT molecular complexity index is 541. The maximum absolute atomic E-state index is 10.4. The minimum absolute atomic E-state index is 0.391. The molecule has 4 nitrogen and oxygen atoms in total. The van der Waals surface area contributed by atoms with E-state index in [9.17, 15) is 5.11 Å². The van der Waals surface area contributed by atoms with Gasteiger partial charge in [-0.15, -0.1) is 0 Å². The van der Waals surface area contributed by atoms with Gasteiger partial charge in [-0.05, 0) is 49.6 Å². The highest BCUT2D eigenvalue weighted by Gasteiger charge is 2.25. The van der Waals surface area contributed by atoms with Crippen LogP contribution in [-0.4, -0.2) is 27.6 Å². The monoisotopic (exact) mass is 300 g/mol. The lowest BCUT2D eigenvalue weighted by Crippen LogP contribution is -2.35. The van der Waals surface area contributed by atoms with Crippen LogP contribution in [0.2, 0.25) is 0 Å². The molecule has 2 aromatic rings. The Morgan fingerprint density at radius 2 is 2.23 bits per heavy atom. The van der Waals surface area contributed by atoms with Crippen molar-refractivity contribution in [1.29, 1.82) is 0 Å². The Morgan fingerprint density at radius 1 is 1.27 bits per heavy atom. The van der Waals surface area contributed by atoms with Crippen LogP contribution in [0.1, 0.15) is 49.5 Å². The quantitative estimate of drug-likeness (QED) is 0.917. The van der Waals surface area contributed by atoms with Gasteiger partial charge in [-0.2, -0.15) is 0 Å². The van der Waals surface area contributed by atoms with Crippen molar-refractivity contribution < 1.29 is 9.52 Å². The number of hydrogen-bond donors (Lipinski definition) is 1. The molecule has 1 N–H and O–H groups in total. The van der Waals surface area contributed by atoms with Gasteiger partial charge < -0.3 is 9.52 Å². The summed E-state index contributed by atoms with van der Waals surface area (Å²) in [4.78, 5) is 6.71. The van der Waals surface area contributed by atoms with Gasteiger partial charge in [0.2, 0.25) is 0 Å². The van der Waals surface area contributed by atoms with E-state index in [4.69, 9.17) is 4.42 Å². The van der Waals surface area contributed by atoms with E-state index >= 15 is 0 Å². The van der Waals surface area contributed by atoms with Crippen LogP contribution >= 0.6 is 0 Å². The highest BCUT2D eigenvalue weighted by atomic mass is 16.4. The third-order valence-corrected chi connectivity index (χ3v) is 4.47. The maximum Gasteiger partial charge on any atom is 0.132 e. The normalized spacial score (nSPS) is 21.4. The molecule has 0 spiro atoms. The standard InChI is InChI=1S/C18H24N2O2/c21-17(18-8-5-11-22-18)12-16-7-2-1-3-10-20(16)14-15-6-4-9-19-13-15/h4-6,8-9,11,13,16-17,21H,1-3,7,10,12,14H2/t16-,17+/m1/s1. The third kappa shape index (κ3) is 3.96. The molecular weight excluding hydrogens is 276 g/mol. The molecule has 4 heteroatoms. The average molecular weight is 300 g/mol. The lowest BCUT2D eigenvalue weighted by molar-refractivity contribution is 0.0830. The first-order valence-electron chi connectivity index (χ1n) is 8.17. The van der Waals surface area contributed by atoms with Gasteiger partial charge in [0.15, 0.2) is 0 Å². The second-order valence-electron chi connectivity index (χ2n) is 6.10. The van der Waals surface area contributed by atoms with Gasteiger partial charge in [0.05, 0.1) is 6.26 Å². The van der Waals surface area contributed by atoms with Crippen LogP contribution in [0.15, 0.2) is 47.3 Å². The fourth-order valence-corrected chi connectivity index (χ4v) is 3.29. The molecule has 2 aromatic heterocycles. The molecule has 0 aromatic carbocycles. The number of likely N-dealkylation sites (tertiary alicyclic amines) is 1. The van der Waals surface area contributed by atoms with Crippen molar-refractivity contribution >= 4 is 0 Å². The molecule has 118 valence electrons. The summed E-state index contributed by atoms with van der Waals surface area (Å²) >= 11 is 0. The highest BCUT2D eigenvalue weighted by molar-refractivity contribution is 5.09. The Balaban J connectivity index is 1.67. The molecular formula is C18H24N2O2. The molecule has 0 saturated carbocycles. The Morgan fingerprint density at radius 3 is 3.00 bits per heavy atom. The number of aromatic nitrogens is 1. The van der Waals surface area contributed by atoms with Crippen LogP contribution in [0.4, 0.5) is 0 Å². The largest absolute Gasteiger partial charge is 0.467 e. The first kappa shape index (κ1) is 15.3. The number of pyridine rings is 1. The molecule has 0 bridgehead atoms. The molecule has 1 aliphatic rings. The summed E-state index contributed by atoms with van der Waals surface area (Å²) in [5, 5.41) is 10.4. The predicted octanol–water partition coefficient (Wildman–Crippen LogP) is 3.54. The van der Waals surface area contributed by atoms with E-state index in [1.165, 1.54) is 24.8 Å². The molecule has 2 atom stereocenters. The van der Waals surface area contributed by atoms with E-state index in [-0.39, 0.29) is 0 Å². The van der Waals surface area contributed by atoms with E-state index < -0.39 is 6.10 Å². The van der Waals surface area contributed by atoms with E-state index in [0.717, 1.165) is 25.9 Å². The van der Waals surface area contributed by atoms with Crippen molar-refractivity contribution in [3.63, 3.8) is 0 Å². The summed E-state index contributed by atoms with van der Waals surface area (Å²) < 4.78 is 5.34. The molecule has 3 rings (SSSR count). The van der Waals surface area contributed by atoms with Gasteiger partial charge in [0.1, 0.15) is 11.9 Å². The lowest BCUT2D eigenvalue weighted by atomic mass is 10.0. The average Bonchev–Trinajstić information content (AvgIpc) is 3.00. The lowest BCUT2D eigenvalue weighted by Gasteiger charge is -2.31. The zero-order valence-corrected chi connectivity index (χ0v) is 12.9. The van der Waals surface area contributed by atoms with Crippen LogP contribution in [0.3, 0.4) is 0 Å². The second-order valence-corrected chi connectivity index (χ2v) is 6.10. The fourth-order valence-electron chi connectivity index (χ4n) is 3.29. The van der Waals surface area contributed by atoms with Gasteiger partial charge in [-0.3, -0.25) is 9.88 Å². The summed E-state index contributed by atoms with van der Waals surface area (Å²) in [6, 6.07) is 8.19. The summed E-state index contributed by atoms with van der Waals surface area (Å²) in [6.07, 6.45) is 10.5. The molecule has 1 fully saturated rings. The van der Waals surface area contributed by atoms with Gasteiger partial charge in [0, 0.05) is 25.0 Å². The minimum Gasteiger partial charge on any atom is -0.467 e. The summed E-state index contributed by atoms with van der Waals surface area (Å²) in [5.74, 6) is 0.672. The molecule has 22 heavy (non-hydrogen) atoms. The molecule has 0 amide bonds. The summed E-state index contributed by atoms with van der Waals surface area (Å²) in [5.41, 5.74) is 1.24. The van der Waals surface area contributed by atoms with E-state index in [1.807, 2.05) is 30.6 Å². The smallest absolute Gasteiger partial charge is 0.132 e. The van der Waals surface area contributed by atoms with Crippen LogP contribution in [0, 0.1) is 0 Å². The van der Waals surface area contributed by atoms with Gasteiger partial charge in [0.25, 0.3) is 0 Å². The van der Waals surface area contributed by atoms with Crippen LogP contribution in [0.25, 0.3) is 0 Å². The first-order chi connectivity index (χ1) is 10.8. The Hall–Kier alpha value is -1.65. The predicted molar refractivity (Wildman–Crippen MR) is 85.2 cm³/mol. The highest BCUT2D eigenvalue weighted by Crippen LogP contribution is 2.27. The van der Waals surface area contributed by atoms with E-state index in [0.29, 0.717) is 11.8 Å². The van der Waals surface area contributed by atoms with Crippen molar-refractivity contribution in [2.75, 3.05) is 6.54 Å². The van der Waals surface area contributed by atoms with E-state index in [1.54, 1.807) is 6.26 Å². The second kappa shape index (κ2) is 7.56. The molecule has 0 aliphatic carbocycles. The molecule has 3 heterocycles. The van der Waals surface area contributed by atoms with Crippen molar-refractivity contribution in [2.24, 2.45) is 0 Å². The van der Waals surface area contributed by atoms with Gasteiger partial charge in [-0.1, -0.05) is 18.9 Å². The van der Waals surface area contributed by atoms with Gasteiger partial charge >= 0.3 is 0 Å². The number of rotatable bonds is 5. The van der Waals surface area contributed by atoms with Gasteiger partial charge in [-0.25, -0.2) is 0 Å². The molecule has 1 aliphatic heterocycles. The third-order valence-electron chi connectivity index (χ3n) is 4.47. The Kier molecular flexibility index (Phi) is 5.24. The fraction of sp³-hybridized carbons (Fsp3) is 0.500. The maximum atomic E-state index is 10.4. The molecule has 1 saturated heterocycles. The minimum atomic E-state index is -0.519. The van der Waals surface area contributed by atoms with E-state index in [2.05, 4.69) is 16.0 Å². The Labute approximate surface area is 131 Å². The van der Waals surface area contributed by atoms with Crippen molar-refractivity contribution in [1.82, 2.24) is 9.88 Å². The molecule has 0 unspecified atom stereocenters. The van der Waals surface area contributed by atoms with Crippen LogP contribution in [-0.2, 0) is 6.54 Å². The number of aliphatic hydroxyl groups excluding tert-OH is 1. The number of nitrogens with zero attached hydrogens (tertiary/aromatic N) is 2. The zero-order chi connectivity index (χ0) is 15.2. The summed E-state index contributed by atoms with van der Waals surface area (Å²) in [7, 11) is 0. The van der Waals surface area contributed by atoms with Crippen molar-refractivity contribution in [3.05, 3.63) is 54.2 Å². The number of aliphatic hydroxyl groups is 1. The summed E-state index contributed by atoms with van der Waals surface area (Å²) in [6.45, 7) is 1.99. The first-order valence-corrected chi connectivity index (χ1v) is 8.17. The zero-order valence-electron chi connectivity index (χ0n) is 12.9. The van der Waals surface area contributed by atoms with Crippen LogP contribution in [0.5, 0.6) is 0 Å².